The number of thiazole rings is 2. The molecule has 0 radical (unpaired) electrons. The molecule has 11 heteroatoms. The Morgan fingerprint density at radius 2 is 1.91 bits per heavy atom. The molecule has 1 amide bonds. The summed E-state index contributed by atoms with van der Waals surface area (Å²) in [5.41, 5.74) is 1.04. The number of sulfone groups is 1. The molecule has 5 rings (SSSR count). The van der Waals surface area contributed by atoms with Gasteiger partial charge in [-0.3, -0.25) is 4.79 Å². The fraction of sp³-hybridized carbons (Fsp3) is 0.286. The molecule has 2 aromatic carbocycles. The van der Waals surface area contributed by atoms with Gasteiger partial charge in [0.05, 0.1) is 19.8 Å². The van der Waals surface area contributed by atoms with Crippen LogP contribution in [0.2, 0.25) is 0 Å². The Labute approximate surface area is 191 Å². The van der Waals surface area contributed by atoms with E-state index in [0.29, 0.717) is 46.8 Å². The second kappa shape index (κ2) is 8.05. The van der Waals surface area contributed by atoms with Gasteiger partial charge in [0.25, 0.3) is 0 Å². The van der Waals surface area contributed by atoms with Crippen molar-refractivity contribution >= 4 is 69.1 Å². The summed E-state index contributed by atoms with van der Waals surface area (Å²) in [5, 5.41) is 4.11. The van der Waals surface area contributed by atoms with Crippen LogP contribution in [0, 0.1) is 11.7 Å². The van der Waals surface area contributed by atoms with Crippen LogP contribution in [0.1, 0.15) is 12.8 Å². The van der Waals surface area contributed by atoms with Gasteiger partial charge in [-0.05, 0) is 43.2 Å². The molecule has 1 aliphatic heterocycles. The zero-order valence-corrected chi connectivity index (χ0v) is 19.5. The first-order valence-electron chi connectivity index (χ1n) is 9.99. The molecule has 1 saturated heterocycles. The van der Waals surface area contributed by atoms with Crippen molar-refractivity contribution in [3.05, 3.63) is 42.2 Å². The number of hydrogen-bond donors (Lipinski definition) is 1. The van der Waals surface area contributed by atoms with E-state index in [-0.39, 0.29) is 22.5 Å². The Morgan fingerprint density at radius 1 is 1.12 bits per heavy atom. The van der Waals surface area contributed by atoms with Gasteiger partial charge in [0.1, 0.15) is 11.3 Å². The number of benzene rings is 2. The van der Waals surface area contributed by atoms with Crippen LogP contribution in [0.5, 0.6) is 0 Å². The molecular formula is C21H19FN4O3S3. The maximum Gasteiger partial charge on any atom is 0.229 e. The number of piperidine rings is 1. The third-order valence-corrected chi connectivity index (χ3v) is 8.64. The first-order chi connectivity index (χ1) is 15.3. The van der Waals surface area contributed by atoms with E-state index in [9.17, 15) is 17.6 Å². The number of halogens is 1. The van der Waals surface area contributed by atoms with Crippen molar-refractivity contribution in [3.8, 4) is 0 Å². The second-order valence-corrected chi connectivity index (χ2v) is 11.8. The highest BCUT2D eigenvalue weighted by Crippen LogP contribution is 2.33. The van der Waals surface area contributed by atoms with E-state index in [2.05, 4.69) is 20.2 Å². The van der Waals surface area contributed by atoms with E-state index in [1.807, 2.05) is 6.07 Å². The normalized spacial score (nSPS) is 15.5. The van der Waals surface area contributed by atoms with Gasteiger partial charge in [-0.15, -0.1) is 0 Å². The molecule has 7 nitrogen and oxygen atoms in total. The van der Waals surface area contributed by atoms with Gasteiger partial charge >= 0.3 is 0 Å². The monoisotopic (exact) mass is 490 g/mol. The van der Waals surface area contributed by atoms with Crippen molar-refractivity contribution in [2.75, 3.05) is 29.6 Å². The predicted molar refractivity (Wildman–Crippen MR) is 126 cm³/mol. The third kappa shape index (κ3) is 4.07. The zero-order valence-electron chi connectivity index (χ0n) is 17.0. The van der Waals surface area contributed by atoms with Crippen LogP contribution >= 0.6 is 22.7 Å². The highest BCUT2D eigenvalue weighted by Gasteiger charge is 2.27. The van der Waals surface area contributed by atoms with Crippen LogP contribution in [0.4, 0.5) is 14.7 Å². The minimum absolute atomic E-state index is 0.0950. The topological polar surface area (TPSA) is 92.3 Å². The van der Waals surface area contributed by atoms with Gasteiger partial charge in [-0.2, -0.15) is 0 Å². The summed E-state index contributed by atoms with van der Waals surface area (Å²) in [6, 6.07) is 9.70. The van der Waals surface area contributed by atoms with Gasteiger partial charge in [0, 0.05) is 25.3 Å². The van der Waals surface area contributed by atoms with Crippen LogP contribution in [-0.2, 0) is 14.6 Å². The number of carbonyl (C=O) groups excluding carboxylic acids is 1. The van der Waals surface area contributed by atoms with Crippen LogP contribution in [0.3, 0.4) is 0 Å². The molecule has 0 aliphatic carbocycles. The van der Waals surface area contributed by atoms with Crippen molar-refractivity contribution in [1.29, 1.82) is 0 Å². The first-order valence-corrected chi connectivity index (χ1v) is 13.5. The van der Waals surface area contributed by atoms with Gasteiger partial charge in [-0.1, -0.05) is 28.7 Å². The van der Waals surface area contributed by atoms with Gasteiger partial charge in [-0.25, -0.2) is 22.8 Å². The van der Waals surface area contributed by atoms with E-state index >= 15 is 0 Å². The molecule has 0 spiro atoms. The number of fused-ring (bicyclic) bond motifs is 2. The molecule has 1 aliphatic rings. The maximum absolute atomic E-state index is 13.9. The quantitative estimate of drug-likeness (QED) is 0.459. The average Bonchev–Trinajstić information content (AvgIpc) is 3.37. The lowest BCUT2D eigenvalue weighted by atomic mass is 9.96. The number of hydrogen-bond acceptors (Lipinski definition) is 8. The average molecular weight is 491 g/mol. The van der Waals surface area contributed by atoms with E-state index in [1.54, 1.807) is 18.2 Å². The summed E-state index contributed by atoms with van der Waals surface area (Å²) >= 11 is 2.72. The largest absolute Gasteiger partial charge is 0.348 e. The van der Waals surface area contributed by atoms with Crippen LogP contribution < -0.4 is 10.2 Å². The highest BCUT2D eigenvalue weighted by molar-refractivity contribution is 7.90. The van der Waals surface area contributed by atoms with Crippen molar-refractivity contribution in [2.45, 2.75) is 17.7 Å². The lowest BCUT2D eigenvalue weighted by Gasteiger charge is -2.30. The summed E-state index contributed by atoms with van der Waals surface area (Å²) < 4.78 is 39.0. The number of para-hydroxylation sites is 1. The third-order valence-electron chi connectivity index (χ3n) is 5.51. The molecule has 0 unspecified atom stereocenters. The summed E-state index contributed by atoms with van der Waals surface area (Å²) in [6.07, 6.45) is 2.48. The summed E-state index contributed by atoms with van der Waals surface area (Å²) in [5.74, 6) is -0.572. The van der Waals surface area contributed by atoms with Crippen LogP contribution in [-0.4, -0.2) is 43.6 Å². The van der Waals surface area contributed by atoms with Crippen LogP contribution in [0.15, 0.2) is 41.3 Å². The fourth-order valence-corrected chi connectivity index (χ4v) is 6.43. The van der Waals surface area contributed by atoms with Crippen molar-refractivity contribution in [1.82, 2.24) is 9.97 Å². The minimum Gasteiger partial charge on any atom is -0.348 e. The summed E-state index contributed by atoms with van der Waals surface area (Å²) in [7, 11) is -3.30. The molecule has 3 heterocycles. The molecule has 1 fully saturated rings. The van der Waals surface area contributed by atoms with Gasteiger partial charge in [0.15, 0.2) is 20.1 Å². The lowest BCUT2D eigenvalue weighted by Crippen LogP contribution is -2.38. The van der Waals surface area contributed by atoms with E-state index in [4.69, 9.17) is 0 Å². The van der Waals surface area contributed by atoms with Crippen molar-refractivity contribution in [3.63, 3.8) is 0 Å². The Hall–Kier alpha value is -2.63. The number of anilines is 2. The van der Waals surface area contributed by atoms with E-state index in [1.165, 1.54) is 34.8 Å². The lowest BCUT2D eigenvalue weighted by molar-refractivity contribution is -0.120. The Bertz CT molecular complexity index is 1440. The smallest absolute Gasteiger partial charge is 0.229 e. The minimum atomic E-state index is -3.30. The predicted octanol–water partition coefficient (Wildman–Crippen LogP) is 4.30. The Morgan fingerprint density at radius 3 is 2.62 bits per heavy atom. The molecule has 4 aromatic rings. The number of rotatable bonds is 4. The standard InChI is InChI=1S/C21H19FN4O3S3/c1-32(28,29)13-5-6-15-17(11-13)30-20(23-15)25-19(27)12-7-9-26(10-8-12)21-24-18-14(22)3-2-4-16(18)31-21/h2-6,11-12H,7-10H2,1H3,(H,23,25,27). The number of aromatic nitrogens is 2. The molecule has 0 bridgehead atoms. The molecule has 0 saturated carbocycles. The molecule has 0 atom stereocenters. The van der Waals surface area contributed by atoms with Gasteiger partial charge < -0.3 is 10.2 Å². The number of nitrogens with zero attached hydrogens (tertiary/aromatic N) is 3. The van der Waals surface area contributed by atoms with Crippen molar-refractivity contribution in [2.24, 2.45) is 5.92 Å². The summed E-state index contributed by atoms with van der Waals surface area (Å²) in [4.78, 5) is 23.9. The molecule has 2 aromatic heterocycles. The second-order valence-electron chi connectivity index (χ2n) is 7.75. The maximum atomic E-state index is 13.9. The van der Waals surface area contributed by atoms with E-state index < -0.39 is 9.84 Å². The zero-order chi connectivity index (χ0) is 22.5. The van der Waals surface area contributed by atoms with Gasteiger partial charge in [0.2, 0.25) is 5.91 Å². The number of amides is 1. The molecule has 32 heavy (non-hydrogen) atoms. The number of carbonyl (C=O) groups is 1. The number of nitrogens with one attached hydrogen (secondary N) is 1. The SMILES string of the molecule is CS(=O)(=O)c1ccc2nc(NC(=O)C3CCN(c4nc5c(F)cccc5s4)CC3)sc2c1. The summed E-state index contributed by atoms with van der Waals surface area (Å²) in [6.45, 7) is 1.33. The first kappa shape index (κ1) is 21.2. The highest BCUT2D eigenvalue weighted by atomic mass is 32.2. The molecule has 166 valence electrons. The Balaban J connectivity index is 1.25. The Kier molecular flexibility index (Phi) is 5.34. The fourth-order valence-electron chi connectivity index (χ4n) is 3.77. The van der Waals surface area contributed by atoms with Crippen LogP contribution in [0.25, 0.3) is 20.4 Å². The van der Waals surface area contributed by atoms with Crippen molar-refractivity contribution < 1.29 is 17.6 Å². The molecular weight excluding hydrogens is 471 g/mol. The van der Waals surface area contributed by atoms with E-state index in [0.717, 1.165) is 16.1 Å². The molecule has 1 N–H and O–H groups in total.